The van der Waals surface area contributed by atoms with Crippen LogP contribution in [0.1, 0.15) is 41.9 Å². The van der Waals surface area contributed by atoms with Gasteiger partial charge in [-0.25, -0.2) is 9.97 Å². The number of anilines is 1. The van der Waals surface area contributed by atoms with Gasteiger partial charge in [0.05, 0.1) is 11.9 Å². The van der Waals surface area contributed by atoms with Crippen LogP contribution in [-0.2, 0) is 4.79 Å². The number of aromatic nitrogens is 3. The van der Waals surface area contributed by atoms with Gasteiger partial charge in [-0.05, 0) is 12.8 Å². The normalized spacial score (nSPS) is 17.8. The van der Waals surface area contributed by atoms with E-state index in [1.807, 2.05) is 5.38 Å². The van der Waals surface area contributed by atoms with Gasteiger partial charge in [-0.2, -0.15) is 0 Å². The van der Waals surface area contributed by atoms with Crippen LogP contribution in [0.3, 0.4) is 0 Å². The van der Waals surface area contributed by atoms with Crippen LogP contribution in [0.15, 0.2) is 24.0 Å². The zero-order valence-corrected chi connectivity index (χ0v) is 13.5. The average Bonchev–Trinajstić information content (AvgIpc) is 3.03. The second kappa shape index (κ2) is 6.82. The third-order valence-electron chi connectivity index (χ3n) is 3.71. The smallest absolute Gasteiger partial charge is 0.274 e. The summed E-state index contributed by atoms with van der Waals surface area (Å²) >= 11 is 1.41. The summed E-state index contributed by atoms with van der Waals surface area (Å²) in [5.74, 6) is -0.0442. The molecule has 3 rings (SSSR count). The van der Waals surface area contributed by atoms with Gasteiger partial charge in [0.25, 0.3) is 5.91 Å². The predicted molar refractivity (Wildman–Crippen MR) is 86.3 cm³/mol. The molecule has 2 aromatic rings. The van der Waals surface area contributed by atoms with Crippen LogP contribution in [0.5, 0.6) is 0 Å². The fourth-order valence-corrected chi connectivity index (χ4v) is 3.49. The molecule has 1 N–H and O–H groups in total. The topological polar surface area (TPSA) is 88.1 Å². The van der Waals surface area contributed by atoms with Crippen LogP contribution in [0.4, 0.5) is 5.13 Å². The van der Waals surface area contributed by atoms with Crippen molar-refractivity contribution in [3.63, 3.8) is 0 Å². The molecule has 3 heterocycles. The van der Waals surface area contributed by atoms with Crippen molar-refractivity contribution in [2.24, 2.45) is 0 Å². The molecule has 0 radical (unpaired) electrons. The van der Waals surface area contributed by atoms with Gasteiger partial charge < -0.3 is 10.2 Å². The molecule has 1 fully saturated rings. The number of thiazole rings is 1. The minimum absolute atomic E-state index is 0.0971. The van der Waals surface area contributed by atoms with Gasteiger partial charge in [-0.3, -0.25) is 14.6 Å². The first kappa shape index (κ1) is 15.5. The molecule has 2 aromatic heterocycles. The molecule has 0 aliphatic carbocycles. The van der Waals surface area contributed by atoms with E-state index in [0.29, 0.717) is 23.9 Å². The lowest BCUT2D eigenvalue weighted by Crippen LogP contribution is -2.39. The highest BCUT2D eigenvalue weighted by Crippen LogP contribution is 2.29. The van der Waals surface area contributed by atoms with E-state index in [4.69, 9.17) is 0 Å². The Bertz CT molecular complexity index is 703. The van der Waals surface area contributed by atoms with Crippen molar-refractivity contribution >= 4 is 28.3 Å². The standard InChI is InChI=1S/C15H17N5O2S/c1-10(21)18-15-19-13(9-23-15)11-3-2-6-20(8-11)14(22)12-7-16-4-5-17-12/h4-5,7,9,11H,2-3,6,8H2,1H3,(H,18,19,21)/t11-/m1/s1. The van der Waals surface area contributed by atoms with Crippen molar-refractivity contribution in [1.29, 1.82) is 0 Å². The Kier molecular flexibility index (Phi) is 4.61. The van der Waals surface area contributed by atoms with Gasteiger partial charge in [-0.1, -0.05) is 0 Å². The predicted octanol–water partition coefficient (Wildman–Crippen LogP) is 1.91. The second-order valence-corrected chi connectivity index (χ2v) is 6.30. The van der Waals surface area contributed by atoms with Gasteiger partial charge in [0.1, 0.15) is 5.69 Å². The van der Waals surface area contributed by atoms with Gasteiger partial charge in [0.15, 0.2) is 5.13 Å². The summed E-state index contributed by atoms with van der Waals surface area (Å²) in [5.41, 5.74) is 1.29. The Morgan fingerprint density at radius 3 is 3.00 bits per heavy atom. The van der Waals surface area contributed by atoms with Crippen molar-refractivity contribution in [2.45, 2.75) is 25.7 Å². The SMILES string of the molecule is CC(=O)Nc1nc([C@@H]2CCCN(C(=O)c3cnccn3)C2)cs1. The molecular weight excluding hydrogens is 314 g/mol. The maximum absolute atomic E-state index is 12.5. The van der Waals surface area contributed by atoms with Crippen LogP contribution in [0.25, 0.3) is 0 Å². The minimum Gasteiger partial charge on any atom is -0.337 e. The molecule has 0 saturated carbocycles. The molecule has 0 spiro atoms. The van der Waals surface area contributed by atoms with Crippen molar-refractivity contribution in [1.82, 2.24) is 19.9 Å². The molecule has 0 bridgehead atoms. The summed E-state index contributed by atoms with van der Waals surface area (Å²) in [4.78, 5) is 37.8. The fourth-order valence-electron chi connectivity index (χ4n) is 2.66. The number of nitrogens with zero attached hydrogens (tertiary/aromatic N) is 4. The molecule has 23 heavy (non-hydrogen) atoms. The second-order valence-electron chi connectivity index (χ2n) is 5.44. The van der Waals surface area contributed by atoms with E-state index in [1.165, 1.54) is 30.7 Å². The van der Waals surface area contributed by atoms with E-state index in [0.717, 1.165) is 18.5 Å². The number of likely N-dealkylation sites (tertiary alicyclic amines) is 1. The summed E-state index contributed by atoms with van der Waals surface area (Å²) in [7, 11) is 0. The molecule has 1 aliphatic heterocycles. The Balaban J connectivity index is 1.69. The summed E-state index contributed by atoms with van der Waals surface area (Å²) in [6.45, 7) is 2.79. The number of nitrogens with one attached hydrogen (secondary N) is 1. The van der Waals surface area contributed by atoms with Crippen molar-refractivity contribution in [3.8, 4) is 0 Å². The van der Waals surface area contributed by atoms with E-state index < -0.39 is 0 Å². The van der Waals surface area contributed by atoms with E-state index in [9.17, 15) is 9.59 Å². The molecule has 8 heteroatoms. The summed E-state index contributed by atoms with van der Waals surface area (Å²) in [5, 5.41) is 5.25. The lowest BCUT2D eigenvalue weighted by atomic mass is 9.95. The molecule has 1 atom stereocenters. The van der Waals surface area contributed by atoms with Crippen LogP contribution >= 0.6 is 11.3 Å². The molecule has 2 amide bonds. The zero-order valence-electron chi connectivity index (χ0n) is 12.7. The Hall–Kier alpha value is -2.35. The maximum atomic E-state index is 12.5. The third-order valence-corrected chi connectivity index (χ3v) is 4.49. The largest absolute Gasteiger partial charge is 0.337 e. The van der Waals surface area contributed by atoms with E-state index >= 15 is 0 Å². The minimum atomic E-state index is -0.131. The first-order valence-electron chi connectivity index (χ1n) is 7.42. The lowest BCUT2D eigenvalue weighted by Gasteiger charge is -2.31. The quantitative estimate of drug-likeness (QED) is 0.928. The maximum Gasteiger partial charge on any atom is 0.274 e. The van der Waals surface area contributed by atoms with E-state index in [-0.39, 0.29) is 17.7 Å². The van der Waals surface area contributed by atoms with Gasteiger partial charge in [-0.15, -0.1) is 11.3 Å². The van der Waals surface area contributed by atoms with Gasteiger partial charge >= 0.3 is 0 Å². The number of carbonyl (C=O) groups excluding carboxylic acids is 2. The van der Waals surface area contributed by atoms with E-state index in [2.05, 4.69) is 20.3 Å². The number of rotatable bonds is 3. The van der Waals surface area contributed by atoms with Gasteiger partial charge in [0.2, 0.25) is 5.91 Å². The number of amides is 2. The highest BCUT2D eigenvalue weighted by molar-refractivity contribution is 7.13. The summed E-state index contributed by atoms with van der Waals surface area (Å²) in [6.07, 6.45) is 6.46. The average molecular weight is 331 g/mol. The van der Waals surface area contributed by atoms with Crippen LogP contribution in [-0.4, -0.2) is 44.8 Å². The van der Waals surface area contributed by atoms with Gasteiger partial charge in [0, 0.05) is 43.7 Å². The monoisotopic (exact) mass is 331 g/mol. The molecule has 7 nitrogen and oxygen atoms in total. The molecule has 1 saturated heterocycles. The van der Waals surface area contributed by atoms with Crippen molar-refractivity contribution in [2.75, 3.05) is 18.4 Å². The van der Waals surface area contributed by atoms with Crippen LogP contribution in [0, 0.1) is 0 Å². The Morgan fingerprint density at radius 2 is 2.26 bits per heavy atom. The van der Waals surface area contributed by atoms with Crippen LogP contribution < -0.4 is 5.32 Å². The first-order valence-corrected chi connectivity index (χ1v) is 8.30. The third kappa shape index (κ3) is 3.70. The van der Waals surface area contributed by atoms with Crippen molar-refractivity contribution < 1.29 is 9.59 Å². The summed E-state index contributed by atoms with van der Waals surface area (Å²) < 4.78 is 0. The van der Waals surface area contributed by atoms with Crippen LogP contribution in [0.2, 0.25) is 0 Å². The number of hydrogen-bond donors (Lipinski definition) is 1. The number of piperidine rings is 1. The molecule has 1 aliphatic rings. The molecule has 120 valence electrons. The van der Waals surface area contributed by atoms with Crippen molar-refractivity contribution in [3.05, 3.63) is 35.4 Å². The molecular formula is C15H17N5O2S. The first-order chi connectivity index (χ1) is 11.1. The Labute approximate surface area is 137 Å². The lowest BCUT2D eigenvalue weighted by molar-refractivity contribution is -0.114. The molecule has 0 unspecified atom stereocenters. The highest BCUT2D eigenvalue weighted by Gasteiger charge is 2.27. The Morgan fingerprint density at radius 1 is 1.39 bits per heavy atom. The van der Waals surface area contributed by atoms with E-state index in [1.54, 1.807) is 11.1 Å². The zero-order chi connectivity index (χ0) is 16.2. The number of hydrogen-bond acceptors (Lipinski definition) is 6. The highest BCUT2D eigenvalue weighted by atomic mass is 32.1. The fraction of sp³-hybridized carbons (Fsp3) is 0.400. The number of carbonyl (C=O) groups is 2. The molecule has 0 aromatic carbocycles. The summed E-state index contributed by atoms with van der Waals surface area (Å²) in [6, 6.07) is 0.